The highest BCUT2D eigenvalue weighted by Gasteiger charge is 2.24. The van der Waals surface area contributed by atoms with E-state index in [2.05, 4.69) is 0 Å². The SMILES string of the molecule is OCCCCCOCc1csc(-c2nc(COCCCCCO)c(-c3sc(-c4nc(COCCCCCO)cs4)nc3COCCCCCO)s2)n1. The van der Waals surface area contributed by atoms with Gasteiger partial charge in [0, 0.05) is 63.6 Å². The van der Waals surface area contributed by atoms with Gasteiger partial charge in [0.15, 0.2) is 20.0 Å². The summed E-state index contributed by atoms with van der Waals surface area (Å²) < 4.78 is 23.9. The van der Waals surface area contributed by atoms with Gasteiger partial charge in [-0.15, -0.1) is 45.3 Å². The van der Waals surface area contributed by atoms with Gasteiger partial charge in [0.1, 0.15) is 0 Å². The monoisotopic (exact) mass is 798 g/mol. The summed E-state index contributed by atoms with van der Waals surface area (Å²) in [6.45, 7) is 4.74. The molecule has 0 saturated carbocycles. The van der Waals surface area contributed by atoms with Crippen LogP contribution in [0, 0.1) is 0 Å². The van der Waals surface area contributed by atoms with Crippen molar-refractivity contribution in [1.29, 1.82) is 0 Å². The Bertz CT molecular complexity index is 1400. The zero-order chi connectivity index (χ0) is 36.6. The number of hydrogen-bond acceptors (Lipinski definition) is 16. The van der Waals surface area contributed by atoms with Crippen molar-refractivity contribution in [2.24, 2.45) is 0 Å². The molecule has 0 aliphatic heterocycles. The third kappa shape index (κ3) is 15.1. The minimum Gasteiger partial charge on any atom is -0.396 e. The lowest BCUT2D eigenvalue weighted by Gasteiger charge is -2.06. The van der Waals surface area contributed by atoms with Gasteiger partial charge in [0.2, 0.25) is 0 Å². The lowest BCUT2D eigenvalue weighted by Crippen LogP contribution is -2.00. The van der Waals surface area contributed by atoms with Crippen LogP contribution in [-0.4, -0.2) is 93.2 Å². The fourth-order valence-electron chi connectivity index (χ4n) is 5.04. The average molecular weight is 799 g/mol. The highest BCUT2D eigenvalue weighted by molar-refractivity contribution is 7.27. The number of aliphatic hydroxyl groups is 4. The van der Waals surface area contributed by atoms with Crippen molar-refractivity contribution in [3.63, 3.8) is 0 Å². The summed E-state index contributed by atoms with van der Waals surface area (Å²) >= 11 is 6.25. The summed E-state index contributed by atoms with van der Waals surface area (Å²) in [5.74, 6) is 0. The fourth-order valence-corrected chi connectivity index (χ4v) is 9.03. The maximum atomic E-state index is 9.16. The van der Waals surface area contributed by atoms with E-state index < -0.39 is 0 Å². The molecule has 0 radical (unpaired) electrons. The molecular formula is C36H54N4O8S4. The standard InChI is InChI=1S/C36H54N4O8S4/c41-13-5-1-9-17-45-21-27-25-49-33(37-27)35-39-29(23-47-19-11-3-7-15-43)31(51-35)32-30(24-48-20-12-4-8-16-44)40-36(52-32)34-38-28(26-50-34)22-46-18-10-2-6-14-42/h25-26,41-44H,1-24H2. The topological polar surface area (TPSA) is 169 Å². The number of ether oxygens (including phenoxy) is 4. The molecule has 0 unspecified atom stereocenters. The molecule has 0 bridgehead atoms. The molecule has 0 aromatic carbocycles. The first kappa shape index (κ1) is 42.9. The maximum absolute atomic E-state index is 9.16. The summed E-state index contributed by atoms with van der Waals surface area (Å²) in [5.41, 5.74) is 3.38. The lowest BCUT2D eigenvalue weighted by molar-refractivity contribution is 0.112. The largest absolute Gasteiger partial charge is 0.396 e. The first-order valence-corrected chi connectivity index (χ1v) is 21.7. The van der Waals surface area contributed by atoms with Crippen LogP contribution in [0.4, 0.5) is 0 Å². The van der Waals surface area contributed by atoms with Crippen LogP contribution in [0.5, 0.6) is 0 Å². The smallest absolute Gasteiger partial charge is 0.153 e. The number of unbranched alkanes of at least 4 members (excludes halogenated alkanes) is 8. The van der Waals surface area contributed by atoms with Crippen molar-refractivity contribution in [3.05, 3.63) is 33.5 Å². The van der Waals surface area contributed by atoms with E-state index in [0.29, 0.717) is 52.9 Å². The van der Waals surface area contributed by atoms with Gasteiger partial charge in [-0.3, -0.25) is 0 Å². The Labute approximate surface area is 322 Å². The predicted octanol–water partition coefficient (Wildman–Crippen LogP) is 7.23. The lowest BCUT2D eigenvalue weighted by atomic mass is 10.2. The summed E-state index contributed by atoms with van der Waals surface area (Å²) in [6.07, 6.45) is 10.3. The highest BCUT2D eigenvalue weighted by Crippen LogP contribution is 2.44. The number of rotatable bonds is 31. The Morgan fingerprint density at radius 1 is 0.404 bits per heavy atom. The maximum Gasteiger partial charge on any atom is 0.153 e. The molecule has 12 nitrogen and oxygen atoms in total. The molecule has 0 amide bonds. The van der Waals surface area contributed by atoms with Crippen LogP contribution in [0.3, 0.4) is 0 Å². The molecule has 4 rings (SSSR count). The van der Waals surface area contributed by atoms with Crippen LogP contribution in [0.2, 0.25) is 0 Å². The molecule has 4 N–H and O–H groups in total. The molecule has 4 aromatic rings. The molecule has 0 fully saturated rings. The summed E-state index contributed by atoms with van der Waals surface area (Å²) in [6, 6.07) is 0. The Kier molecular flexibility index (Phi) is 21.5. The molecule has 4 heterocycles. The van der Waals surface area contributed by atoms with Crippen LogP contribution >= 0.6 is 45.3 Å². The van der Waals surface area contributed by atoms with E-state index in [1.807, 2.05) is 10.8 Å². The van der Waals surface area contributed by atoms with Gasteiger partial charge >= 0.3 is 0 Å². The van der Waals surface area contributed by atoms with Crippen LogP contribution in [0.1, 0.15) is 99.8 Å². The molecule has 16 heteroatoms. The second-order valence-corrected chi connectivity index (χ2v) is 15.9. The molecule has 290 valence electrons. The number of aliphatic hydroxyl groups excluding tert-OH is 4. The van der Waals surface area contributed by atoms with E-state index in [1.54, 1.807) is 45.3 Å². The normalized spacial score (nSPS) is 11.7. The fraction of sp³-hybridized carbons (Fsp3) is 0.667. The molecule has 0 saturated heterocycles. The van der Waals surface area contributed by atoms with Crippen molar-refractivity contribution in [3.8, 4) is 29.8 Å². The van der Waals surface area contributed by atoms with Gasteiger partial charge in [-0.1, -0.05) is 0 Å². The van der Waals surface area contributed by atoms with E-state index in [0.717, 1.165) is 130 Å². The van der Waals surface area contributed by atoms with Crippen molar-refractivity contribution >= 4 is 45.3 Å². The zero-order valence-electron chi connectivity index (χ0n) is 30.0. The zero-order valence-corrected chi connectivity index (χ0v) is 33.2. The third-order valence-corrected chi connectivity index (χ3v) is 12.3. The van der Waals surface area contributed by atoms with Gasteiger partial charge in [-0.2, -0.15) is 0 Å². The van der Waals surface area contributed by atoms with Crippen molar-refractivity contribution in [2.75, 3.05) is 52.9 Å². The minimum absolute atomic E-state index is 0.184. The quantitative estimate of drug-likeness (QED) is 0.0378. The number of nitrogens with zero attached hydrogens (tertiary/aromatic N) is 4. The van der Waals surface area contributed by atoms with Crippen LogP contribution < -0.4 is 0 Å². The molecule has 0 aliphatic rings. The van der Waals surface area contributed by atoms with Crippen LogP contribution in [0.25, 0.3) is 29.8 Å². The van der Waals surface area contributed by atoms with Crippen LogP contribution in [-0.2, 0) is 45.4 Å². The first-order chi connectivity index (χ1) is 25.7. The first-order valence-electron chi connectivity index (χ1n) is 18.3. The summed E-state index contributed by atoms with van der Waals surface area (Å²) in [5, 5.41) is 43.6. The van der Waals surface area contributed by atoms with Crippen molar-refractivity contribution < 1.29 is 39.4 Å². The number of thiazole rings is 4. The Morgan fingerprint density at radius 2 is 0.750 bits per heavy atom. The second-order valence-electron chi connectivity index (χ2n) is 12.2. The molecular weight excluding hydrogens is 745 g/mol. The van der Waals surface area contributed by atoms with E-state index in [4.69, 9.17) is 59.3 Å². The molecule has 0 aliphatic carbocycles. The Hall–Kier alpha value is -1.80. The summed E-state index contributed by atoms with van der Waals surface area (Å²) in [7, 11) is 0. The number of aromatic nitrogens is 4. The van der Waals surface area contributed by atoms with Gasteiger partial charge in [0.05, 0.1) is 59.0 Å². The van der Waals surface area contributed by atoms with E-state index in [-0.39, 0.29) is 26.4 Å². The Balaban J connectivity index is 1.55. The van der Waals surface area contributed by atoms with Gasteiger partial charge < -0.3 is 39.4 Å². The van der Waals surface area contributed by atoms with Gasteiger partial charge in [0.25, 0.3) is 0 Å². The van der Waals surface area contributed by atoms with E-state index >= 15 is 0 Å². The molecule has 0 atom stereocenters. The average Bonchev–Trinajstić information content (AvgIpc) is 3.97. The third-order valence-electron chi connectivity index (χ3n) is 7.83. The molecule has 4 aromatic heterocycles. The summed E-state index contributed by atoms with van der Waals surface area (Å²) in [4.78, 5) is 21.8. The number of hydrogen-bond donors (Lipinski definition) is 4. The van der Waals surface area contributed by atoms with Crippen molar-refractivity contribution in [1.82, 2.24) is 19.9 Å². The Morgan fingerprint density at radius 3 is 1.10 bits per heavy atom. The van der Waals surface area contributed by atoms with E-state index in [1.165, 1.54) is 0 Å². The van der Waals surface area contributed by atoms with E-state index in [9.17, 15) is 0 Å². The van der Waals surface area contributed by atoms with Gasteiger partial charge in [-0.05, 0) is 77.0 Å². The van der Waals surface area contributed by atoms with Crippen molar-refractivity contribution in [2.45, 2.75) is 103 Å². The van der Waals surface area contributed by atoms with Gasteiger partial charge in [-0.25, -0.2) is 19.9 Å². The van der Waals surface area contributed by atoms with Crippen LogP contribution in [0.15, 0.2) is 10.8 Å². The highest BCUT2D eigenvalue weighted by atomic mass is 32.1. The predicted molar refractivity (Wildman–Crippen MR) is 208 cm³/mol. The molecule has 0 spiro atoms. The molecule has 52 heavy (non-hydrogen) atoms. The minimum atomic E-state index is 0.184. The second kappa shape index (κ2) is 26.1.